The van der Waals surface area contributed by atoms with E-state index in [-0.39, 0.29) is 0 Å². The number of hydrogen-bond acceptors (Lipinski definition) is 1. The van der Waals surface area contributed by atoms with Crippen molar-refractivity contribution in [2.75, 3.05) is 0 Å². The third kappa shape index (κ3) is 1.69. The second-order valence-electron chi connectivity index (χ2n) is 3.92. The summed E-state index contributed by atoms with van der Waals surface area (Å²) in [6.07, 6.45) is 2.21. The van der Waals surface area contributed by atoms with E-state index in [0.717, 1.165) is 11.1 Å². The van der Waals surface area contributed by atoms with Crippen molar-refractivity contribution >= 4 is 0 Å². The van der Waals surface area contributed by atoms with E-state index in [1.165, 1.54) is 11.1 Å². The largest absolute Gasteiger partial charge is 0.507 e. The summed E-state index contributed by atoms with van der Waals surface area (Å²) in [6.45, 7) is 10.2. The topological polar surface area (TPSA) is 20.2 Å². The Morgan fingerprint density at radius 3 is 2.15 bits per heavy atom. The highest BCUT2D eigenvalue weighted by molar-refractivity contribution is 5.44. The molecule has 1 rings (SSSR count). The molecule has 0 aromatic rings. The predicted molar refractivity (Wildman–Crippen MR) is 56.6 cm³/mol. The summed E-state index contributed by atoms with van der Waals surface area (Å²) < 4.78 is 0. The van der Waals surface area contributed by atoms with Crippen molar-refractivity contribution in [1.29, 1.82) is 0 Å². The summed E-state index contributed by atoms with van der Waals surface area (Å²) in [4.78, 5) is 0. The minimum atomic E-state index is 0.430. The fourth-order valence-corrected chi connectivity index (χ4v) is 1.62. The molecule has 13 heavy (non-hydrogen) atoms. The zero-order valence-electron chi connectivity index (χ0n) is 9.10. The van der Waals surface area contributed by atoms with Crippen molar-refractivity contribution in [1.82, 2.24) is 0 Å². The molecular weight excluding hydrogens is 160 g/mol. The van der Waals surface area contributed by atoms with Crippen LogP contribution in [-0.4, -0.2) is 5.11 Å². The minimum absolute atomic E-state index is 0.430. The first-order valence-electron chi connectivity index (χ1n) is 4.71. The standard InChI is InChI=1S/C12H18O/c1-7-6-8(2)10(4)12(13)11(5)9(7)3/h6-7,13H,1-5H3. The van der Waals surface area contributed by atoms with Gasteiger partial charge < -0.3 is 5.11 Å². The number of allylic oxidation sites excluding steroid dienone is 5. The highest BCUT2D eigenvalue weighted by Gasteiger charge is 2.15. The first kappa shape index (κ1) is 10.1. The molecule has 0 spiro atoms. The average molecular weight is 178 g/mol. The second kappa shape index (κ2) is 3.41. The van der Waals surface area contributed by atoms with Crippen LogP contribution in [0, 0.1) is 5.92 Å². The maximum atomic E-state index is 9.87. The van der Waals surface area contributed by atoms with Gasteiger partial charge in [-0.1, -0.05) is 18.6 Å². The normalized spacial score (nSPS) is 24.7. The van der Waals surface area contributed by atoms with Gasteiger partial charge in [-0.2, -0.15) is 0 Å². The summed E-state index contributed by atoms with van der Waals surface area (Å²) in [6, 6.07) is 0. The van der Waals surface area contributed by atoms with Gasteiger partial charge in [-0.3, -0.25) is 0 Å². The van der Waals surface area contributed by atoms with Crippen LogP contribution in [0.3, 0.4) is 0 Å². The first-order valence-corrected chi connectivity index (χ1v) is 4.71. The lowest BCUT2D eigenvalue weighted by Crippen LogP contribution is -1.95. The Morgan fingerprint density at radius 2 is 1.62 bits per heavy atom. The zero-order valence-corrected chi connectivity index (χ0v) is 9.10. The van der Waals surface area contributed by atoms with Gasteiger partial charge >= 0.3 is 0 Å². The molecule has 0 amide bonds. The average Bonchev–Trinajstić information content (AvgIpc) is 2.15. The fourth-order valence-electron chi connectivity index (χ4n) is 1.62. The Bertz CT molecular complexity index is 316. The van der Waals surface area contributed by atoms with E-state index in [2.05, 4.69) is 19.9 Å². The Morgan fingerprint density at radius 1 is 1.08 bits per heavy atom. The molecule has 1 atom stereocenters. The van der Waals surface area contributed by atoms with E-state index < -0.39 is 0 Å². The Balaban J connectivity index is 3.32. The Labute approximate surface area is 80.5 Å². The molecule has 0 aromatic heterocycles. The van der Waals surface area contributed by atoms with Crippen LogP contribution in [0.15, 0.2) is 34.1 Å². The minimum Gasteiger partial charge on any atom is -0.507 e. The monoisotopic (exact) mass is 178 g/mol. The molecule has 1 nitrogen and oxygen atoms in total. The molecule has 1 aliphatic rings. The maximum absolute atomic E-state index is 9.87. The molecule has 0 saturated heterocycles. The van der Waals surface area contributed by atoms with Crippen molar-refractivity contribution in [3.8, 4) is 0 Å². The molecule has 0 bridgehead atoms. The zero-order chi connectivity index (χ0) is 10.2. The van der Waals surface area contributed by atoms with Crippen LogP contribution in [0.1, 0.15) is 34.6 Å². The van der Waals surface area contributed by atoms with E-state index in [0.29, 0.717) is 11.7 Å². The van der Waals surface area contributed by atoms with Gasteiger partial charge in [0.1, 0.15) is 5.76 Å². The fraction of sp³-hybridized carbons (Fsp3) is 0.500. The summed E-state index contributed by atoms with van der Waals surface area (Å²) in [5.74, 6) is 0.884. The third-order valence-electron chi connectivity index (χ3n) is 3.08. The van der Waals surface area contributed by atoms with Crippen molar-refractivity contribution in [3.63, 3.8) is 0 Å². The molecule has 1 aliphatic carbocycles. The van der Waals surface area contributed by atoms with Crippen LogP contribution in [0.2, 0.25) is 0 Å². The molecule has 0 saturated carbocycles. The van der Waals surface area contributed by atoms with Crippen molar-refractivity contribution in [2.45, 2.75) is 34.6 Å². The molecule has 0 heterocycles. The predicted octanol–water partition coefficient (Wildman–Crippen LogP) is 3.75. The highest BCUT2D eigenvalue weighted by Crippen LogP contribution is 2.29. The van der Waals surface area contributed by atoms with E-state index in [4.69, 9.17) is 0 Å². The van der Waals surface area contributed by atoms with E-state index >= 15 is 0 Å². The first-order chi connectivity index (χ1) is 5.95. The van der Waals surface area contributed by atoms with Gasteiger partial charge in [-0.15, -0.1) is 0 Å². The smallest absolute Gasteiger partial charge is 0.121 e. The molecule has 0 fully saturated rings. The molecule has 0 aliphatic heterocycles. The third-order valence-corrected chi connectivity index (χ3v) is 3.08. The van der Waals surface area contributed by atoms with Crippen molar-refractivity contribution < 1.29 is 5.11 Å². The van der Waals surface area contributed by atoms with Gasteiger partial charge in [-0.25, -0.2) is 0 Å². The molecule has 1 N–H and O–H groups in total. The van der Waals surface area contributed by atoms with Crippen molar-refractivity contribution in [2.24, 2.45) is 5.92 Å². The maximum Gasteiger partial charge on any atom is 0.121 e. The van der Waals surface area contributed by atoms with Crippen LogP contribution in [0.5, 0.6) is 0 Å². The Hall–Kier alpha value is -0.980. The van der Waals surface area contributed by atoms with E-state index in [9.17, 15) is 5.11 Å². The lowest BCUT2D eigenvalue weighted by Gasteiger charge is -2.09. The summed E-state index contributed by atoms with van der Waals surface area (Å²) in [5.41, 5.74) is 4.47. The van der Waals surface area contributed by atoms with Crippen LogP contribution < -0.4 is 0 Å². The number of hydrogen-bond donors (Lipinski definition) is 1. The second-order valence-corrected chi connectivity index (χ2v) is 3.92. The summed E-state index contributed by atoms with van der Waals surface area (Å²) in [5, 5.41) is 9.87. The number of rotatable bonds is 0. The SMILES string of the molecule is CC1=CC(C)C(C)=C(C)C(O)=C1C. The lowest BCUT2D eigenvalue weighted by atomic mass is 9.98. The van der Waals surface area contributed by atoms with Crippen molar-refractivity contribution in [3.05, 3.63) is 34.1 Å². The van der Waals surface area contributed by atoms with Gasteiger partial charge in [0.2, 0.25) is 0 Å². The molecular formula is C12H18O. The molecule has 0 aromatic carbocycles. The van der Waals surface area contributed by atoms with Gasteiger partial charge in [0.15, 0.2) is 0 Å². The summed E-state index contributed by atoms with van der Waals surface area (Å²) >= 11 is 0. The lowest BCUT2D eigenvalue weighted by molar-refractivity contribution is 0.416. The molecule has 1 heteroatoms. The molecule has 72 valence electrons. The Kier molecular flexibility index (Phi) is 2.65. The quantitative estimate of drug-likeness (QED) is 0.599. The van der Waals surface area contributed by atoms with Crippen LogP contribution >= 0.6 is 0 Å². The molecule has 1 unspecified atom stereocenters. The van der Waals surface area contributed by atoms with E-state index in [1.807, 2.05) is 20.8 Å². The van der Waals surface area contributed by atoms with Gasteiger partial charge in [0.05, 0.1) is 0 Å². The summed E-state index contributed by atoms with van der Waals surface area (Å²) in [7, 11) is 0. The molecule has 0 radical (unpaired) electrons. The van der Waals surface area contributed by atoms with Crippen LogP contribution in [0.4, 0.5) is 0 Å². The van der Waals surface area contributed by atoms with Crippen LogP contribution in [-0.2, 0) is 0 Å². The van der Waals surface area contributed by atoms with Crippen LogP contribution in [0.25, 0.3) is 0 Å². The number of aliphatic hydroxyl groups excluding tert-OH is 1. The van der Waals surface area contributed by atoms with Gasteiger partial charge in [0, 0.05) is 0 Å². The number of aliphatic hydroxyl groups is 1. The highest BCUT2D eigenvalue weighted by atomic mass is 16.3. The van der Waals surface area contributed by atoms with E-state index in [1.54, 1.807) is 0 Å². The van der Waals surface area contributed by atoms with Gasteiger partial charge in [-0.05, 0) is 50.3 Å². The van der Waals surface area contributed by atoms with Gasteiger partial charge in [0.25, 0.3) is 0 Å².